The fourth-order valence-electron chi connectivity index (χ4n) is 4.48. The van der Waals surface area contributed by atoms with Gasteiger partial charge in [-0.1, -0.05) is 29.8 Å². The highest BCUT2D eigenvalue weighted by molar-refractivity contribution is 6.30. The third-order valence-electron chi connectivity index (χ3n) is 6.17. The molecular weight excluding hydrogens is 452 g/mol. The van der Waals surface area contributed by atoms with Crippen molar-refractivity contribution in [3.05, 3.63) is 71.4 Å². The van der Waals surface area contributed by atoms with Crippen LogP contribution in [-0.4, -0.2) is 49.1 Å². The monoisotopic (exact) mass is 476 g/mol. The molecule has 2 aromatic carbocycles. The van der Waals surface area contributed by atoms with Crippen molar-refractivity contribution in [2.24, 2.45) is 0 Å². The normalized spacial score (nSPS) is 17.7. The Balaban J connectivity index is 1.33. The van der Waals surface area contributed by atoms with Crippen LogP contribution in [0, 0.1) is 0 Å². The van der Waals surface area contributed by atoms with Crippen molar-refractivity contribution in [1.29, 1.82) is 0 Å². The van der Waals surface area contributed by atoms with E-state index in [4.69, 9.17) is 16.3 Å². The van der Waals surface area contributed by atoms with Crippen LogP contribution in [0.15, 0.2) is 60.8 Å². The number of hydrogen-bond acceptors (Lipinski definition) is 5. The van der Waals surface area contributed by atoms with Gasteiger partial charge in [-0.3, -0.25) is 9.59 Å². The van der Waals surface area contributed by atoms with Crippen molar-refractivity contribution < 1.29 is 14.3 Å². The summed E-state index contributed by atoms with van der Waals surface area (Å²) in [4.78, 5) is 33.1. The van der Waals surface area contributed by atoms with E-state index in [1.807, 2.05) is 54.6 Å². The lowest BCUT2D eigenvalue weighted by Gasteiger charge is -2.22. The Bertz CT molecular complexity index is 1210. The smallest absolute Gasteiger partial charge is 0.262 e. The van der Waals surface area contributed by atoms with Crippen LogP contribution in [-0.2, 0) is 4.79 Å². The van der Waals surface area contributed by atoms with Gasteiger partial charge in [-0.2, -0.15) is 0 Å². The number of amides is 2. The van der Waals surface area contributed by atoms with E-state index < -0.39 is 0 Å². The Labute approximate surface area is 203 Å². The molecule has 2 aliphatic heterocycles. The molecule has 1 aromatic heterocycles. The first-order valence-corrected chi connectivity index (χ1v) is 11.7. The summed E-state index contributed by atoms with van der Waals surface area (Å²) in [5.41, 5.74) is 3.22. The molecular formula is C26H25ClN4O3. The summed E-state index contributed by atoms with van der Waals surface area (Å²) in [6.07, 6.45) is 2.62. The number of rotatable bonds is 4. The molecule has 3 aromatic rings. The lowest BCUT2D eigenvalue weighted by Crippen LogP contribution is -2.35. The van der Waals surface area contributed by atoms with Crippen LogP contribution in [0.3, 0.4) is 0 Å². The molecule has 1 atom stereocenters. The van der Waals surface area contributed by atoms with E-state index >= 15 is 0 Å². The number of hydrogen-bond donors (Lipinski definition) is 1. The number of benzene rings is 2. The largest absolute Gasteiger partial charge is 0.491 e. The molecule has 0 aliphatic carbocycles. The molecule has 1 unspecified atom stereocenters. The average Bonchev–Trinajstić information content (AvgIpc) is 3.23. The number of ether oxygens (including phenoxy) is 1. The number of halogens is 1. The predicted octanol–water partition coefficient (Wildman–Crippen LogP) is 4.16. The quantitative estimate of drug-likeness (QED) is 0.612. The molecule has 5 rings (SSSR count). The summed E-state index contributed by atoms with van der Waals surface area (Å²) in [5.74, 6) is 1.28. The molecule has 1 N–H and O–H groups in total. The Morgan fingerprint density at radius 2 is 1.88 bits per heavy atom. The number of carbonyl (C=O) groups is 2. The SMILES string of the molecule is CC(=O)NC1CCN(c2ccc(N3CCOc4cc(-c5ccc(Cl)cc5)ccc4C3=O)cn2)C1. The third kappa shape index (κ3) is 4.56. The maximum absolute atomic E-state index is 13.4. The molecule has 8 heteroatoms. The van der Waals surface area contributed by atoms with E-state index in [1.165, 1.54) is 6.92 Å². The summed E-state index contributed by atoms with van der Waals surface area (Å²) in [6, 6.07) is 17.2. The number of aromatic nitrogens is 1. The molecule has 0 spiro atoms. The van der Waals surface area contributed by atoms with Gasteiger partial charge in [0.25, 0.3) is 5.91 Å². The maximum Gasteiger partial charge on any atom is 0.262 e. The van der Waals surface area contributed by atoms with Gasteiger partial charge in [-0.25, -0.2) is 4.98 Å². The number of fused-ring (bicyclic) bond motifs is 1. The minimum atomic E-state index is -0.114. The van der Waals surface area contributed by atoms with Gasteiger partial charge in [0, 0.05) is 31.1 Å². The van der Waals surface area contributed by atoms with Crippen LogP contribution in [0.1, 0.15) is 23.7 Å². The Morgan fingerprint density at radius 1 is 1.09 bits per heavy atom. The number of carbonyl (C=O) groups excluding carboxylic acids is 2. The van der Waals surface area contributed by atoms with E-state index in [0.29, 0.717) is 29.5 Å². The summed E-state index contributed by atoms with van der Waals surface area (Å²) in [6.45, 7) is 3.91. The number of nitrogens with one attached hydrogen (secondary N) is 1. The highest BCUT2D eigenvalue weighted by atomic mass is 35.5. The molecule has 1 saturated heterocycles. The summed E-state index contributed by atoms with van der Waals surface area (Å²) in [7, 11) is 0. The number of pyridine rings is 1. The van der Waals surface area contributed by atoms with Crippen LogP contribution >= 0.6 is 11.6 Å². The highest BCUT2D eigenvalue weighted by Crippen LogP contribution is 2.32. The first-order chi connectivity index (χ1) is 16.5. The minimum absolute atomic E-state index is 0.0161. The number of nitrogens with zero attached hydrogens (tertiary/aromatic N) is 3. The van der Waals surface area contributed by atoms with E-state index in [2.05, 4.69) is 15.2 Å². The minimum Gasteiger partial charge on any atom is -0.491 e. The fourth-order valence-corrected chi connectivity index (χ4v) is 4.61. The molecule has 3 heterocycles. The summed E-state index contributed by atoms with van der Waals surface area (Å²) in [5, 5.41) is 3.64. The molecule has 1 fully saturated rings. The van der Waals surface area contributed by atoms with Gasteiger partial charge < -0.3 is 19.9 Å². The summed E-state index contributed by atoms with van der Waals surface area (Å²) >= 11 is 6.00. The van der Waals surface area contributed by atoms with Crippen molar-refractivity contribution in [2.45, 2.75) is 19.4 Å². The molecule has 7 nitrogen and oxygen atoms in total. The van der Waals surface area contributed by atoms with Gasteiger partial charge in [-0.05, 0) is 53.9 Å². The van der Waals surface area contributed by atoms with E-state index in [-0.39, 0.29) is 17.9 Å². The van der Waals surface area contributed by atoms with Crippen molar-refractivity contribution in [3.63, 3.8) is 0 Å². The highest BCUT2D eigenvalue weighted by Gasteiger charge is 2.27. The van der Waals surface area contributed by atoms with Crippen molar-refractivity contribution >= 4 is 34.9 Å². The van der Waals surface area contributed by atoms with Gasteiger partial charge in [0.1, 0.15) is 18.2 Å². The molecule has 0 bridgehead atoms. The summed E-state index contributed by atoms with van der Waals surface area (Å²) < 4.78 is 5.95. The van der Waals surface area contributed by atoms with Gasteiger partial charge >= 0.3 is 0 Å². The molecule has 2 amide bonds. The Kier molecular flexibility index (Phi) is 6.11. The Hall–Kier alpha value is -3.58. The zero-order valence-corrected chi connectivity index (χ0v) is 19.6. The van der Waals surface area contributed by atoms with Crippen molar-refractivity contribution in [2.75, 3.05) is 36.0 Å². The number of anilines is 2. The lowest BCUT2D eigenvalue weighted by atomic mass is 10.0. The van der Waals surface area contributed by atoms with Gasteiger partial charge in [0.05, 0.1) is 24.0 Å². The van der Waals surface area contributed by atoms with E-state index in [0.717, 1.165) is 42.1 Å². The first kappa shape index (κ1) is 22.2. The van der Waals surface area contributed by atoms with Crippen LogP contribution < -0.4 is 19.9 Å². The maximum atomic E-state index is 13.4. The van der Waals surface area contributed by atoms with Crippen molar-refractivity contribution in [1.82, 2.24) is 10.3 Å². The lowest BCUT2D eigenvalue weighted by molar-refractivity contribution is -0.119. The molecule has 34 heavy (non-hydrogen) atoms. The molecule has 2 aliphatic rings. The second kappa shape index (κ2) is 9.35. The molecule has 0 saturated carbocycles. The fraction of sp³-hybridized carbons (Fsp3) is 0.269. The van der Waals surface area contributed by atoms with Gasteiger partial charge in [0.15, 0.2) is 0 Å². The van der Waals surface area contributed by atoms with Crippen LogP contribution in [0.4, 0.5) is 11.5 Å². The first-order valence-electron chi connectivity index (χ1n) is 11.3. The van der Waals surface area contributed by atoms with Crippen LogP contribution in [0.2, 0.25) is 5.02 Å². The van der Waals surface area contributed by atoms with Gasteiger partial charge in [0.2, 0.25) is 5.91 Å². The molecule has 0 radical (unpaired) electrons. The average molecular weight is 477 g/mol. The van der Waals surface area contributed by atoms with E-state index in [9.17, 15) is 9.59 Å². The Morgan fingerprint density at radius 3 is 2.62 bits per heavy atom. The standard InChI is InChI=1S/C26H25ClN4O3/c1-17(32)29-21-10-11-30(16-21)25-9-7-22(15-28-25)31-12-13-34-24-14-19(4-8-23(24)26(31)33)18-2-5-20(27)6-3-18/h2-9,14-15,21H,10-13,16H2,1H3,(H,29,32). The molecule has 174 valence electrons. The van der Waals surface area contributed by atoms with Gasteiger partial charge in [-0.15, -0.1) is 0 Å². The predicted molar refractivity (Wildman–Crippen MR) is 133 cm³/mol. The second-order valence-corrected chi connectivity index (χ2v) is 8.97. The van der Waals surface area contributed by atoms with Crippen LogP contribution in [0.5, 0.6) is 5.75 Å². The van der Waals surface area contributed by atoms with Crippen LogP contribution in [0.25, 0.3) is 11.1 Å². The van der Waals surface area contributed by atoms with E-state index in [1.54, 1.807) is 11.1 Å². The topological polar surface area (TPSA) is 74.8 Å². The van der Waals surface area contributed by atoms with Crippen molar-refractivity contribution in [3.8, 4) is 16.9 Å². The zero-order chi connectivity index (χ0) is 23.7. The second-order valence-electron chi connectivity index (χ2n) is 8.53. The zero-order valence-electron chi connectivity index (χ0n) is 18.8. The third-order valence-corrected chi connectivity index (χ3v) is 6.42.